The second-order valence-corrected chi connectivity index (χ2v) is 5.89. The molecule has 0 saturated heterocycles. The molecule has 1 heterocycles. The lowest BCUT2D eigenvalue weighted by atomic mass is 10.1. The fourth-order valence-electron chi connectivity index (χ4n) is 2.23. The van der Waals surface area contributed by atoms with E-state index in [4.69, 9.17) is 5.73 Å². The number of aryl methyl sites for hydroxylation is 1. The highest BCUT2D eigenvalue weighted by molar-refractivity contribution is 7.99. The van der Waals surface area contributed by atoms with E-state index in [0.29, 0.717) is 0 Å². The van der Waals surface area contributed by atoms with Crippen LogP contribution in [-0.2, 0) is 13.0 Å². The summed E-state index contributed by atoms with van der Waals surface area (Å²) in [5, 5.41) is 1.33. The SMILES string of the molecule is CCSCCCn1ccc2ccc(CCN)cc21. The predicted octanol–water partition coefficient (Wildman–Crippen LogP) is 3.29. The largest absolute Gasteiger partial charge is 0.347 e. The lowest BCUT2D eigenvalue weighted by Gasteiger charge is -2.06. The molecule has 0 unspecified atom stereocenters. The van der Waals surface area contributed by atoms with Gasteiger partial charge in [-0.15, -0.1) is 0 Å². The average Bonchev–Trinajstić information content (AvgIpc) is 2.78. The Kier molecular flexibility index (Phi) is 5.14. The van der Waals surface area contributed by atoms with Crippen LogP contribution in [0.15, 0.2) is 30.5 Å². The molecule has 2 aromatic rings. The zero-order valence-electron chi connectivity index (χ0n) is 11.1. The maximum atomic E-state index is 5.62. The first-order valence-corrected chi connectivity index (χ1v) is 7.86. The summed E-state index contributed by atoms with van der Waals surface area (Å²) in [7, 11) is 0. The summed E-state index contributed by atoms with van der Waals surface area (Å²) in [5.74, 6) is 2.46. The van der Waals surface area contributed by atoms with Crippen molar-refractivity contribution in [1.29, 1.82) is 0 Å². The zero-order valence-corrected chi connectivity index (χ0v) is 11.9. The lowest BCUT2D eigenvalue weighted by molar-refractivity contribution is 0.709. The van der Waals surface area contributed by atoms with Crippen molar-refractivity contribution in [3.05, 3.63) is 36.0 Å². The minimum Gasteiger partial charge on any atom is -0.347 e. The van der Waals surface area contributed by atoms with Crippen molar-refractivity contribution >= 4 is 22.7 Å². The number of fused-ring (bicyclic) bond motifs is 1. The minimum atomic E-state index is 0.722. The van der Waals surface area contributed by atoms with Crippen LogP contribution in [-0.4, -0.2) is 22.6 Å². The van der Waals surface area contributed by atoms with Crippen molar-refractivity contribution in [2.45, 2.75) is 26.3 Å². The summed E-state index contributed by atoms with van der Waals surface area (Å²) in [6.45, 7) is 4.05. The molecule has 0 amide bonds. The Labute approximate surface area is 114 Å². The fraction of sp³-hybridized carbons (Fsp3) is 0.467. The summed E-state index contributed by atoms with van der Waals surface area (Å²) < 4.78 is 2.37. The van der Waals surface area contributed by atoms with Gasteiger partial charge in [0.05, 0.1) is 0 Å². The van der Waals surface area contributed by atoms with Crippen molar-refractivity contribution in [1.82, 2.24) is 4.57 Å². The molecule has 0 atom stereocenters. The quantitative estimate of drug-likeness (QED) is 0.776. The number of hydrogen-bond donors (Lipinski definition) is 1. The van der Waals surface area contributed by atoms with Gasteiger partial charge in [-0.1, -0.05) is 19.1 Å². The van der Waals surface area contributed by atoms with Crippen LogP contribution in [0.5, 0.6) is 0 Å². The number of nitrogens with two attached hydrogens (primary N) is 1. The summed E-state index contributed by atoms with van der Waals surface area (Å²) in [6, 6.07) is 8.88. The topological polar surface area (TPSA) is 30.9 Å². The summed E-state index contributed by atoms with van der Waals surface area (Å²) in [4.78, 5) is 0. The molecule has 0 aliphatic heterocycles. The highest BCUT2D eigenvalue weighted by Gasteiger charge is 2.02. The Morgan fingerprint density at radius 1 is 1.28 bits per heavy atom. The van der Waals surface area contributed by atoms with Crippen LogP contribution in [0.1, 0.15) is 18.9 Å². The lowest BCUT2D eigenvalue weighted by Crippen LogP contribution is -2.03. The van der Waals surface area contributed by atoms with Gasteiger partial charge in [0.1, 0.15) is 0 Å². The van der Waals surface area contributed by atoms with E-state index in [0.717, 1.165) is 19.5 Å². The second kappa shape index (κ2) is 6.86. The molecule has 98 valence electrons. The van der Waals surface area contributed by atoms with Crippen LogP contribution in [0.2, 0.25) is 0 Å². The molecule has 2 N–H and O–H groups in total. The molecule has 0 aliphatic carbocycles. The van der Waals surface area contributed by atoms with E-state index in [1.165, 1.54) is 34.4 Å². The molecule has 0 spiro atoms. The third kappa shape index (κ3) is 3.30. The minimum absolute atomic E-state index is 0.722. The molecule has 3 heteroatoms. The molecule has 0 bridgehead atoms. The highest BCUT2D eigenvalue weighted by atomic mass is 32.2. The first-order valence-electron chi connectivity index (χ1n) is 6.70. The van der Waals surface area contributed by atoms with E-state index in [-0.39, 0.29) is 0 Å². The first kappa shape index (κ1) is 13.5. The van der Waals surface area contributed by atoms with Gasteiger partial charge in [-0.05, 0) is 54.0 Å². The maximum Gasteiger partial charge on any atom is 0.0483 e. The number of thioether (sulfide) groups is 1. The monoisotopic (exact) mass is 262 g/mol. The number of benzene rings is 1. The molecule has 0 fully saturated rings. The van der Waals surface area contributed by atoms with Crippen LogP contribution in [0.25, 0.3) is 10.9 Å². The van der Waals surface area contributed by atoms with Gasteiger partial charge in [0, 0.05) is 18.3 Å². The van der Waals surface area contributed by atoms with E-state index in [2.05, 4.69) is 42.0 Å². The molecule has 0 radical (unpaired) electrons. The number of aromatic nitrogens is 1. The Balaban J connectivity index is 2.09. The van der Waals surface area contributed by atoms with E-state index in [1.807, 2.05) is 11.8 Å². The molecule has 2 nitrogen and oxygen atoms in total. The van der Waals surface area contributed by atoms with Crippen molar-refractivity contribution in [2.75, 3.05) is 18.1 Å². The standard InChI is InChI=1S/C15H22N2S/c1-2-18-11-3-9-17-10-7-14-5-4-13(6-8-16)12-15(14)17/h4-5,7,10,12H,2-3,6,8-9,11,16H2,1H3. The van der Waals surface area contributed by atoms with Gasteiger partial charge < -0.3 is 10.3 Å². The van der Waals surface area contributed by atoms with Crippen molar-refractivity contribution in [2.24, 2.45) is 5.73 Å². The predicted molar refractivity (Wildman–Crippen MR) is 82.3 cm³/mol. The molecule has 2 rings (SSSR count). The van der Waals surface area contributed by atoms with Crippen molar-refractivity contribution in [3.63, 3.8) is 0 Å². The summed E-state index contributed by atoms with van der Waals surface area (Å²) in [5.41, 5.74) is 8.31. The first-order chi connectivity index (χ1) is 8.85. The fourth-order valence-corrected chi connectivity index (χ4v) is 2.85. The zero-order chi connectivity index (χ0) is 12.8. The van der Waals surface area contributed by atoms with E-state index in [1.54, 1.807) is 0 Å². The smallest absolute Gasteiger partial charge is 0.0483 e. The van der Waals surface area contributed by atoms with Gasteiger partial charge in [-0.3, -0.25) is 0 Å². The van der Waals surface area contributed by atoms with Gasteiger partial charge in [0.15, 0.2) is 0 Å². The maximum absolute atomic E-state index is 5.62. The van der Waals surface area contributed by atoms with Crippen LogP contribution in [0.4, 0.5) is 0 Å². The number of hydrogen-bond acceptors (Lipinski definition) is 2. The molecular weight excluding hydrogens is 240 g/mol. The Bertz CT molecular complexity index is 490. The van der Waals surface area contributed by atoms with Gasteiger partial charge in [-0.25, -0.2) is 0 Å². The van der Waals surface area contributed by atoms with Gasteiger partial charge in [0.25, 0.3) is 0 Å². The van der Waals surface area contributed by atoms with Gasteiger partial charge in [-0.2, -0.15) is 11.8 Å². The normalized spacial score (nSPS) is 11.2. The van der Waals surface area contributed by atoms with Crippen LogP contribution < -0.4 is 5.73 Å². The third-order valence-corrected chi connectivity index (χ3v) is 4.15. The Morgan fingerprint density at radius 3 is 2.94 bits per heavy atom. The Morgan fingerprint density at radius 2 is 2.17 bits per heavy atom. The van der Waals surface area contributed by atoms with Crippen LogP contribution >= 0.6 is 11.8 Å². The molecular formula is C15H22N2S. The summed E-state index contributed by atoms with van der Waals surface area (Å²) in [6.07, 6.45) is 4.41. The highest BCUT2D eigenvalue weighted by Crippen LogP contribution is 2.18. The van der Waals surface area contributed by atoms with E-state index >= 15 is 0 Å². The molecule has 1 aromatic carbocycles. The second-order valence-electron chi connectivity index (χ2n) is 4.49. The molecule has 0 aliphatic rings. The molecule has 1 aromatic heterocycles. The van der Waals surface area contributed by atoms with E-state index in [9.17, 15) is 0 Å². The number of nitrogens with zero attached hydrogens (tertiary/aromatic N) is 1. The Hall–Kier alpha value is -0.930. The number of rotatable bonds is 7. The third-order valence-electron chi connectivity index (χ3n) is 3.16. The average molecular weight is 262 g/mol. The van der Waals surface area contributed by atoms with Crippen molar-refractivity contribution in [3.8, 4) is 0 Å². The molecule has 0 saturated carbocycles. The van der Waals surface area contributed by atoms with Crippen LogP contribution in [0, 0.1) is 0 Å². The summed E-state index contributed by atoms with van der Waals surface area (Å²) >= 11 is 2.02. The van der Waals surface area contributed by atoms with Gasteiger partial charge >= 0.3 is 0 Å². The van der Waals surface area contributed by atoms with E-state index < -0.39 is 0 Å². The van der Waals surface area contributed by atoms with Gasteiger partial charge in [0.2, 0.25) is 0 Å². The van der Waals surface area contributed by atoms with Crippen molar-refractivity contribution < 1.29 is 0 Å². The van der Waals surface area contributed by atoms with Crippen LogP contribution in [0.3, 0.4) is 0 Å². The molecule has 18 heavy (non-hydrogen) atoms.